The van der Waals surface area contributed by atoms with Gasteiger partial charge >= 0.3 is 0 Å². The number of benzene rings is 14. The fraction of sp³-hybridized carbons (Fsp3) is 0.200. The van der Waals surface area contributed by atoms with Gasteiger partial charge in [-0.2, -0.15) is 0 Å². The second-order valence-electron chi connectivity index (χ2n) is 36.4. The van der Waals surface area contributed by atoms with E-state index >= 15 is 0 Å². The lowest BCUT2D eigenvalue weighted by Crippen LogP contribution is -2.29. The number of para-hydroxylation sites is 6. The minimum atomic E-state index is -1.15. The highest BCUT2D eigenvalue weighted by Crippen LogP contribution is 2.65. The SMILES string of the molecule is CC(C)(C)c1ccc(N(c2cccc3c2oc2ccccc23)c2cc3c(c4c2oc2ccccc24)-c2c(cc(N(c4ccc(C(C)(C)C)cc4)c4cccc5c4oc4ccccc45)c4c2oc2ccccc24)C3(c2ccc(-n3c4ccc(C(C)(C)C)cc4c4cc(C(C)(C)C)ccc43)cc2)c2ccc(C(C)(C)C)cc2)cc1. The van der Waals surface area contributed by atoms with Crippen molar-refractivity contribution in [3.63, 3.8) is 0 Å². The summed E-state index contributed by atoms with van der Waals surface area (Å²) in [4.78, 5) is 4.88. The number of hydrogen-bond acceptors (Lipinski definition) is 6. The van der Waals surface area contributed by atoms with Crippen LogP contribution >= 0.6 is 0 Å². The zero-order valence-electron chi connectivity index (χ0n) is 66.5. The van der Waals surface area contributed by atoms with Crippen molar-refractivity contribution in [2.45, 2.75) is 136 Å². The van der Waals surface area contributed by atoms with E-state index in [-0.39, 0.29) is 27.1 Å². The molecule has 550 valence electrons. The molecule has 0 saturated carbocycles. The molecule has 0 spiro atoms. The molecule has 7 heteroatoms. The predicted molar refractivity (Wildman–Crippen MR) is 470 cm³/mol. The van der Waals surface area contributed by atoms with Crippen LogP contribution < -0.4 is 9.80 Å². The Morgan fingerprint density at radius 3 is 1.06 bits per heavy atom. The van der Waals surface area contributed by atoms with Gasteiger partial charge in [0.2, 0.25) is 0 Å². The third-order valence-electron chi connectivity index (χ3n) is 24.3. The Balaban J connectivity index is 0.973. The molecular formula is C105H91N3O4. The van der Waals surface area contributed by atoms with Crippen LogP contribution in [0.5, 0.6) is 0 Å². The highest BCUT2D eigenvalue weighted by Gasteiger charge is 2.51. The van der Waals surface area contributed by atoms with Crippen LogP contribution in [0.15, 0.2) is 297 Å². The van der Waals surface area contributed by atoms with Crippen LogP contribution in [0.3, 0.4) is 0 Å². The van der Waals surface area contributed by atoms with E-state index in [4.69, 9.17) is 17.7 Å². The summed E-state index contributed by atoms with van der Waals surface area (Å²) in [7, 11) is 0. The van der Waals surface area contributed by atoms with E-state index in [0.29, 0.717) is 0 Å². The van der Waals surface area contributed by atoms with E-state index in [1.807, 2.05) is 0 Å². The number of rotatable bonds is 9. The van der Waals surface area contributed by atoms with Crippen molar-refractivity contribution < 1.29 is 17.7 Å². The maximum absolute atomic E-state index is 7.91. The van der Waals surface area contributed by atoms with Crippen molar-refractivity contribution in [3.8, 4) is 16.8 Å². The van der Waals surface area contributed by atoms with Crippen molar-refractivity contribution in [3.05, 3.63) is 329 Å². The summed E-state index contributed by atoms with van der Waals surface area (Å²) in [5.74, 6) is 0. The van der Waals surface area contributed by atoms with Gasteiger partial charge in [-0.25, -0.2) is 0 Å². The Kier molecular flexibility index (Phi) is 15.0. The van der Waals surface area contributed by atoms with E-state index < -0.39 is 5.41 Å². The van der Waals surface area contributed by atoms with E-state index in [0.717, 1.165) is 172 Å². The Labute approximate surface area is 653 Å². The second-order valence-corrected chi connectivity index (χ2v) is 36.4. The van der Waals surface area contributed by atoms with Crippen LogP contribution in [0.1, 0.15) is 154 Å². The van der Waals surface area contributed by atoms with E-state index in [1.54, 1.807) is 0 Å². The monoisotopic (exact) mass is 1460 g/mol. The number of furan rings is 4. The van der Waals surface area contributed by atoms with Crippen LogP contribution in [0.4, 0.5) is 34.1 Å². The lowest BCUT2D eigenvalue weighted by molar-refractivity contribution is 0.589. The van der Waals surface area contributed by atoms with E-state index in [1.165, 1.54) is 38.6 Å². The van der Waals surface area contributed by atoms with Gasteiger partial charge in [0, 0.05) is 76.7 Å². The third-order valence-corrected chi connectivity index (χ3v) is 24.3. The molecule has 1 unspecified atom stereocenters. The normalized spacial score (nSPS) is 14.4. The first-order valence-electron chi connectivity index (χ1n) is 39.6. The molecule has 1 atom stereocenters. The fourth-order valence-corrected chi connectivity index (χ4v) is 18.3. The van der Waals surface area contributed by atoms with Gasteiger partial charge in [0.1, 0.15) is 27.9 Å². The van der Waals surface area contributed by atoms with Crippen LogP contribution in [0.25, 0.3) is 126 Å². The highest BCUT2D eigenvalue weighted by atomic mass is 16.3. The molecule has 14 aromatic carbocycles. The fourth-order valence-electron chi connectivity index (χ4n) is 18.3. The van der Waals surface area contributed by atoms with Gasteiger partial charge in [-0.3, -0.25) is 0 Å². The van der Waals surface area contributed by atoms with E-state index in [2.05, 4.69) is 397 Å². The summed E-state index contributed by atoms with van der Waals surface area (Å²) in [6, 6.07) is 104. The Bertz CT molecular complexity index is 6990. The molecule has 7 nitrogen and oxygen atoms in total. The molecule has 0 radical (unpaired) electrons. The van der Waals surface area contributed by atoms with Crippen molar-refractivity contribution >= 4 is 144 Å². The molecule has 0 bridgehead atoms. The summed E-state index contributed by atoms with van der Waals surface area (Å²) in [5.41, 5.74) is 26.1. The zero-order chi connectivity index (χ0) is 77.0. The molecule has 5 aromatic heterocycles. The minimum Gasteiger partial charge on any atom is -0.455 e. The van der Waals surface area contributed by atoms with Crippen LogP contribution in [0.2, 0.25) is 0 Å². The standard InChI is InChI=1S/C105H91N3O4/c1-100(2,3)62-38-40-65(41-39-62)105(66-46-54-69(55-47-66)106-82-56-48-67(103(10,11)12)58-78(82)79-59-68(104(13,14)15)49-57-83(79)106)80-61-87(108(71-52-44-64(45-53-71)102(7,8)9)85-33-25-31-75-73-27-17-21-35-89(73)110-97(75)85)98-93(77-29-19-23-37-91(77)111-98)94(80)95-81(105)60-86(92-76-28-18-22-36-90(76)112-99(92)95)107(70-50-42-63(43-51-70)101(4,5)6)84-32-24-30-74-72-26-16-20-34-88(72)109-96(74)84/h16-61H,1-15H3. The Hall–Kier alpha value is -12.3. The van der Waals surface area contributed by atoms with Gasteiger partial charge in [0.25, 0.3) is 0 Å². The largest absolute Gasteiger partial charge is 0.455 e. The molecular weight excluding hydrogens is 1370 g/mol. The number of nitrogens with zero attached hydrogens (tertiary/aromatic N) is 3. The van der Waals surface area contributed by atoms with Gasteiger partial charge in [0.05, 0.1) is 44.6 Å². The molecule has 1 aliphatic carbocycles. The summed E-state index contributed by atoms with van der Waals surface area (Å²) in [6.07, 6.45) is 0. The Morgan fingerprint density at radius 2 is 0.607 bits per heavy atom. The van der Waals surface area contributed by atoms with Crippen LogP contribution in [-0.4, -0.2) is 4.57 Å². The molecule has 112 heavy (non-hydrogen) atoms. The van der Waals surface area contributed by atoms with Crippen molar-refractivity contribution in [2.75, 3.05) is 9.80 Å². The van der Waals surface area contributed by atoms with Gasteiger partial charge in [-0.05, 0) is 186 Å². The predicted octanol–water partition coefficient (Wildman–Crippen LogP) is 30.2. The molecule has 0 N–H and O–H groups in total. The number of hydrogen-bond donors (Lipinski definition) is 0. The number of fused-ring (bicyclic) bond motifs is 20. The van der Waals surface area contributed by atoms with Crippen molar-refractivity contribution in [1.82, 2.24) is 4.57 Å². The number of aromatic nitrogens is 1. The third kappa shape index (κ3) is 10.4. The summed E-state index contributed by atoms with van der Waals surface area (Å²) < 4.78 is 32.6. The van der Waals surface area contributed by atoms with Crippen LogP contribution in [0, 0.1) is 0 Å². The van der Waals surface area contributed by atoms with Gasteiger partial charge < -0.3 is 32.0 Å². The second kappa shape index (κ2) is 24.3. The first-order chi connectivity index (χ1) is 53.7. The van der Waals surface area contributed by atoms with Crippen LogP contribution in [-0.2, 0) is 32.5 Å². The molecule has 19 aromatic rings. The average Bonchev–Trinajstić information content (AvgIpc) is 1.49. The number of anilines is 6. The topological polar surface area (TPSA) is 64.0 Å². The quantitative estimate of drug-likeness (QED) is 0.143. The maximum atomic E-state index is 7.91. The average molecular weight is 1460 g/mol. The summed E-state index contributed by atoms with van der Waals surface area (Å²) in [6.45, 7) is 34.5. The zero-order valence-corrected chi connectivity index (χ0v) is 66.5. The van der Waals surface area contributed by atoms with Gasteiger partial charge in [-0.1, -0.05) is 274 Å². The molecule has 1 aliphatic rings. The lowest BCUT2D eigenvalue weighted by Gasteiger charge is -2.36. The van der Waals surface area contributed by atoms with E-state index in [9.17, 15) is 0 Å². The summed E-state index contributed by atoms with van der Waals surface area (Å²) >= 11 is 0. The Morgan fingerprint density at radius 1 is 0.259 bits per heavy atom. The van der Waals surface area contributed by atoms with Gasteiger partial charge in [-0.15, -0.1) is 0 Å². The maximum Gasteiger partial charge on any atom is 0.160 e. The van der Waals surface area contributed by atoms with Gasteiger partial charge in [0.15, 0.2) is 16.7 Å². The summed E-state index contributed by atoms with van der Waals surface area (Å²) in [5, 5.41) is 10.6. The smallest absolute Gasteiger partial charge is 0.160 e. The van der Waals surface area contributed by atoms with Crippen molar-refractivity contribution in [2.24, 2.45) is 0 Å². The molecule has 0 amide bonds. The van der Waals surface area contributed by atoms with Crippen molar-refractivity contribution in [1.29, 1.82) is 0 Å². The first kappa shape index (κ1) is 68.9. The lowest BCUT2D eigenvalue weighted by atomic mass is 9.67. The molecule has 0 saturated heterocycles. The molecule has 5 heterocycles. The molecule has 0 aliphatic heterocycles. The first-order valence-corrected chi connectivity index (χ1v) is 39.6. The minimum absolute atomic E-state index is 0.0650. The highest BCUT2D eigenvalue weighted by molar-refractivity contribution is 6.27. The molecule has 20 rings (SSSR count). The molecule has 0 fully saturated rings.